The Morgan fingerprint density at radius 3 is 2.60 bits per heavy atom. The number of carbonyl (C=O) groups is 1. The molecule has 0 amide bonds. The molecule has 58 valence electrons. The quantitative estimate of drug-likeness (QED) is 0.586. The molecule has 0 saturated heterocycles. The van der Waals surface area contributed by atoms with Gasteiger partial charge in [0, 0.05) is 6.42 Å². The van der Waals surface area contributed by atoms with Crippen LogP contribution in [0, 0.1) is 11.8 Å². The molecule has 0 heterocycles. The molecule has 0 aromatic carbocycles. The van der Waals surface area contributed by atoms with Gasteiger partial charge in [0.15, 0.2) is 0 Å². The van der Waals surface area contributed by atoms with Gasteiger partial charge in [-0.3, -0.25) is 0 Å². The van der Waals surface area contributed by atoms with Crippen LogP contribution in [-0.4, -0.2) is 5.78 Å². The van der Waals surface area contributed by atoms with Crippen molar-refractivity contribution in [1.82, 2.24) is 0 Å². The van der Waals surface area contributed by atoms with Gasteiger partial charge in [-0.15, -0.1) is 0 Å². The van der Waals surface area contributed by atoms with Crippen molar-refractivity contribution in [2.24, 2.45) is 11.8 Å². The van der Waals surface area contributed by atoms with E-state index in [1.807, 2.05) is 0 Å². The van der Waals surface area contributed by atoms with Crippen LogP contribution in [0.25, 0.3) is 0 Å². The molecule has 0 bridgehead atoms. The van der Waals surface area contributed by atoms with E-state index in [1.165, 1.54) is 12.8 Å². The predicted octanol–water partition coefficient (Wildman–Crippen LogP) is 2.40. The standard InChI is InChI=1S/C9H16O/c1-7(9-5-6-9)3-4-8(2)10/h7,9H,3-6H2,1-2H3. The molecule has 0 aromatic heterocycles. The lowest BCUT2D eigenvalue weighted by molar-refractivity contribution is -0.117. The Bertz CT molecular complexity index is 125. The molecule has 1 unspecified atom stereocenters. The third kappa shape index (κ3) is 2.51. The Labute approximate surface area is 62.8 Å². The van der Waals surface area contributed by atoms with E-state index in [9.17, 15) is 4.79 Å². The summed E-state index contributed by atoms with van der Waals surface area (Å²) in [5, 5.41) is 0. The first-order valence-corrected chi connectivity index (χ1v) is 4.19. The highest BCUT2D eigenvalue weighted by Crippen LogP contribution is 2.38. The highest BCUT2D eigenvalue weighted by atomic mass is 16.1. The van der Waals surface area contributed by atoms with Gasteiger partial charge in [0.2, 0.25) is 0 Å². The smallest absolute Gasteiger partial charge is 0.129 e. The number of hydrogen-bond donors (Lipinski definition) is 0. The van der Waals surface area contributed by atoms with Crippen LogP contribution in [-0.2, 0) is 4.79 Å². The van der Waals surface area contributed by atoms with Gasteiger partial charge in [0.1, 0.15) is 5.78 Å². The molecule has 0 aliphatic heterocycles. The summed E-state index contributed by atoms with van der Waals surface area (Å²) < 4.78 is 0. The first-order valence-electron chi connectivity index (χ1n) is 4.19. The molecule has 0 spiro atoms. The van der Waals surface area contributed by atoms with Gasteiger partial charge in [-0.1, -0.05) is 6.92 Å². The third-order valence-electron chi connectivity index (χ3n) is 2.38. The van der Waals surface area contributed by atoms with Crippen molar-refractivity contribution in [3.8, 4) is 0 Å². The fourth-order valence-corrected chi connectivity index (χ4v) is 1.33. The number of hydrogen-bond acceptors (Lipinski definition) is 1. The molecular formula is C9H16O. The molecule has 1 rings (SSSR count). The van der Waals surface area contributed by atoms with Gasteiger partial charge in [-0.05, 0) is 38.0 Å². The van der Waals surface area contributed by atoms with Crippen LogP contribution < -0.4 is 0 Å². The minimum atomic E-state index is 0.340. The Morgan fingerprint density at radius 1 is 1.60 bits per heavy atom. The molecule has 1 aliphatic carbocycles. The van der Waals surface area contributed by atoms with E-state index in [2.05, 4.69) is 6.92 Å². The van der Waals surface area contributed by atoms with Crippen molar-refractivity contribution in [3.05, 3.63) is 0 Å². The van der Waals surface area contributed by atoms with Crippen LogP contribution in [0.2, 0.25) is 0 Å². The zero-order chi connectivity index (χ0) is 7.56. The Morgan fingerprint density at radius 2 is 2.20 bits per heavy atom. The number of rotatable bonds is 4. The maximum Gasteiger partial charge on any atom is 0.129 e. The lowest BCUT2D eigenvalue weighted by atomic mass is 9.99. The zero-order valence-corrected chi connectivity index (χ0v) is 6.89. The van der Waals surface area contributed by atoms with Crippen molar-refractivity contribution < 1.29 is 4.79 Å². The van der Waals surface area contributed by atoms with E-state index in [0.717, 1.165) is 24.7 Å². The lowest BCUT2D eigenvalue weighted by Crippen LogP contribution is -2.00. The summed E-state index contributed by atoms with van der Waals surface area (Å²) in [7, 11) is 0. The maximum atomic E-state index is 10.6. The van der Waals surface area contributed by atoms with Gasteiger partial charge in [0.05, 0.1) is 0 Å². The predicted molar refractivity (Wildman–Crippen MR) is 41.8 cm³/mol. The monoisotopic (exact) mass is 140 g/mol. The van der Waals surface area contributed by atoms with E-state index in [1.54, 1.807) is 6.92 Å². The molecule has 1 fully saturated rings. The molecule has 0 aromatic rings. The molecule has 1 saturated carbocycles. The van der Waals surface area contributed by atoms with Crippen molar-refractivity contribution in [2.75, 3.05) is 0 Å². The minimum Gasteiger partial charge on any atom is -0.300 e. The van der Waals surface area contributed by atoms with Gasteiger partial charge < -0.3 is 4.79 Å². The number of Topliss-reactive ketones (excluding diaryl/α,β-unsaturated/α-hetero) is 1. The summed E-state index contributed by atoms with van der Waals surface area (Å²) in [5.74, 6) is 2.09. The van der Waals surface area contributed by atoms with Gasteiger partial charge in [-0.2, -0.15) is 0 Å². The van der Waals surface area contributed by atoms with E-state index in [4.69, 9.17) is 0 Å². The largest absolute Gasteiger partial charge is 0.300 e. The van der Waals surface area contributed by atoms with Crippen molar-refractivity contribution in [1.29, 1.82) is 0 Å². The molecular weight excluding hydrogens is 124 g/mol. The second-order valence-electron chi connectivity index (χ2n) is 3.56. The first-order chi connectivity index (χ1) is 4.70. The summed E-state index contributed by atoms with van der Waals surface area (Å²) in [4.78, 5) is 10.6. The SMILES string of the molecule is CC(=O)CCC(C)C1CC1. The van der Waals surface area contributed by atoms with Crippen LogP contribution in [0.3, 0.4) is 0 Å². The van der Waals surface area contributed by atoms with Crippen LogP contribution in [0.5, 0.6) is 0 Å². The Balaban J connectivity index is 2.05. The summed E-state index contributed by atoms with van der Waals surface area (Å²) in [6.07, 6.45) is 4.70. The number of carbonyl (C=O) groups excluding carboxylic acids is 1. The second-order valence-corrected chi connectivity index (χ2v) is 3.56. The Hall–Kier alpha value is -0.330. The fraction of sp³-hybridized carbons (Fsp3) is 0.889. The first kappa shape index (κ1) is 7.77. The van der Waals surface area contributed by atoms with Gasteiger partial charge in [0.25, 0.3) is 0 Å². The summed E-state index contributed by atoms with van der Waals surface area (Å²) in [6.45, 7) is 3.94. The van der Waals surface area contributed by atoms with Gasteiger partial charge in [-0.25, -0.2) is 0 Å². The average molecular weight is 140 g/mol. The fourth-order valence-electron chi connectivity index (χ4n) is 1.33. The van der Waals surface area contributed by atoms with Crippen molar-refractivity contribution >= 4 is 5.78 Å². The minimum absolute atomic E-state index is 0.340. The average Bonchev–Trinajstić information content (AvgIpc) is 2.63. The highest BCUT2D eigenvalue weighted by Gasteiger charge is 2.27. The highest BCUT2D eigenvalue weighted by molar-refractivity contribution is 5.75. The van der Waals surface area contributed by atoms with E-state index in [-0.39, 0.29) is 0 Å². The molecule has 0 radical (unpaired) electrons. The molecule has 1 heteroatoms. The van der Waals surface area contributed by atoms with E-state index in [0.29, 0.717) is 5.78 Å². The normalized spacial score (nSPS) is 20.6. The van der Waals surface area contributed by atoms with Crippen molar-refractivity contribution in [3.63, 3.8) is 0 Å². The van der Waals surface area contributed by atoms with Crippen LogP contribution in [0.1, 0.15) is 39.5 Å². The second kappa shape index (κ2) is 3.18. The van der Waals surface area contributed by atoms with Crippen LogP contribution in [0.15, 0.2) is 0 Å². The molecule has 1 aliphatic rings. The van der Waals surface area contributed by atoms with Crippen molar-refractivity contribution in [2.45, 2.75) is 39.5 Å². The molecule has 1 nitrogen and oxygen atoms in total. The van der Waals surface area contributed by atoms with Crippen LogP contribution >= 0.6 is 0 Å². The molecule has 0 N–H and O–H groups in total. The van der Waals surface area contributed by atoms with E-state index < -0.39 is 0 Å². The van der Waals surface area contributed by atoms with Crippen LogP contribution in [0.4, 0.5) is 0 Å². The molecule has 1 atom stereocenters. The molecule has 10 heavy (non-hydrogen) atoms. The topological polar surface area (TPSA) is 17.1 Å². The summed E-state index contributed by atoms with van der Waals surface area (Å²) >= 11 is 0. The maximum absolute atomic E-state index is 10.6. The summed E-state index contributed by atoms with van der Waals surface area (Å²) in [5.41, 5.74) is 0. The third-order valence-corrected chi connectivity index (χ3v) is 2.38. The summed E-state index contributed by atoms with van der Waals surface area (Å²) in [6, 6.07) is 0. The Kier molecular flexibility index (Phi) is 2.47. The number of ketones is 1. The zero-order valence-electron chi connectivity index (χ0n) is 6.89. The lowest BCUT2D eigenvalue weighted by Gasteiger charge is -2.06. The van der Waals surface area contributed by atoms with Gasteiger partial charge >= 0.3 is 0 Å². The van der Waals surface area contributed by atoms with E-state index >= 15 is 0 Å².